The average molecular weight is 238 g/mol. The van der Waals surface area contributed by atoms with Gasteiger partial charge in [0.15, 0.2) is 0 Å². The molecule has 0 spiro atoms. The number of amides is 1. The van der Waals surface area contributed by atoms with Crippen molar-refractivity contribution < 1.29 is 4.79 Å². The maximum absolute atomic E-state index is 12.2. The minimum absolute atomic E-state index is 0.0566. The van der Waals surface area contributed by atoms with E-state index in [-0.39, 0.29) is 17.9 Å². The first-order valence-corrected chi connectivity index (χ1v) is 7.14. The summed E-state index contributed by atoms with van der Waals surface area (Å²) in [5.41, 5.74) is 6.47. The second-order valence-corrected chi connectivity index (χ2v) is 6.29. The third kappa shape index (κ3) is 3.21. The summed E-state index contributed by atoms with van der Waals surface area (Å²) in [7, 11) is 0. The number of hydrogen-bond donors (Lipinski definition) is 2. The Morgan fingerprint density at radius 1 is 1.24 bits per heavy atom. The van der Waals surface area contributed by atoms with E-state index in [1.807, 2.05) is 0 Å². The van der Waals surface area contributed by atoms with Gasteiger partial charge in [-0.3, -0.25) is 4.79 Å². The van der Waals surface area contributed by atoms with E-state index in [0.29, 0.717) is 5.41 Å². The fraction of sp³-hybridized carbons (Fsp3) is 0.929. The molecule has 2 unspecified atom stereocenters. The number of hydrogen-bond acceptors (Lipinski definition) is 2. The van der Waals surface area contributed by atoms with E-state index in [0.717, 1.165) is 25.8 Å². The second kappa shape index (κ2) is 5.38. The van der Waals surface area contributed by atoms with Gasteiger partial charge in [-0.1, -0.05) is 32.6 Å². The summed E-state index contributed by atoms with van der Waals surface area (Å²) in [6, 6.07) is 0.0756. The highest BCUT2D eigenvalue weighted by atomic mass is 16.1. The Balaban J connectivity index is 1.81. The molecule has 17 heavy (non-hydrogen) atoms. The Morgan fingerprint density at radius 2 is 1.94 bits per heavy atom. The second-order valence-electron chi connectivity index (χ2n) is 6.29. The third-order valence-corrected chi connectivity index (χ3v) is 4.66. The smallest absolute Gasteiger partial charge is 0.224 e. The standard InChI is InChI=1S/C14H26N2O/c1-14(8-5-9-14)10-16-13(17)11-6-3-2-4-7-12(11)15/h11-12H,2-10,15H2,1H3,(H,16,17). The summed E-state index contributed by atoms with van der Waals surface area (Å²) in [5, 5.41) is 3.13. The fourth-order valence-electron chi connectivity index (χ4n) is 3.05. The summed E-state index contributed by atoms with van der Waals surface area (Å²) in [6.45, 7) is 3.11. The van der Waals surface area contributed by atoms with Crippen molar-refractivity contribution in [2.24, 2.45) is 17.1 Å². The Hall–Kier alpha value is -0.570. The van der Waals surface area contributed by atoms with Crippen LogP contribution in [0.5, 0.6) is 0 Å². The molecular formula is C14H26N2O. The van der Waals surface area contributed by atoms with Gasteiger partial charge < -0.3 is 11.1 Å². The minimum atomic E-state index is 0.0566. The van der Waals surface area contributed by atoms with Gasteiger partial charge in [0.2, 0.25) is 5.91 Å². The molecule has 0 aliphatic heterocycles. The van der Waals surface area contributed by atoms with Crippen molar-refractivity contribution in [2.75, 3.05) is 6.54 Å². The molecular weight excluding hydrogens is 212 g/mol. The number of rotatable bonds is 3. The zero-order chi connectivity index (χ0) is 12.3. The summed E-state index contributed by atoms with van der Waals surface area (Å²) < 4.78 is 0. The van der Waals surface area contributed by atoms with Crippen LogP contribution < -0.4 is 11.1 Å². The van der Waals surface area contributed by atoms with Crippen molar-refractivity contribution in [2.45, 2.75) is 64.3 Å². The van der Waals surface area contributed by atoms with Crippen LogP contribution in [0.25, 0.3) is 0 Å². The van der Waals surface area contributed by atoms with Gasteiger partial charge in [-0.25, -0.2) is 0 Å². The fourth-order valence-corrected chi connectivity index (χ4v) is 3.05. The van der Waals surface area contributed by atoms with Crippen LogP contribution in [0, 0.1) is 11.3 Å². The summed E-state index contributed by atoms with van der Waals surface area (Å²) >= 11 is 0. The molecule has 0 aromatic heterocycles. The van der Waals surface area contributed by atoms with Crippen LogP contribution in [-0.4, -0.2) is 18.5 Å². The van der Waals surface area contributed by atoms with Gasteiger partial charge in [0.25, 0.3) is 0 Å². The molecule has 2 atom stereocenters. The molecule has 0 radical (unpaired) electrons. The van der Waals surface area contributed by atoms with Gasteiger partial charge in [-0.2, -0.15) is 0 Å². The molecule has 2 saturated carbocycles. The maximum Gasteiger partial charge on any atom is 0.224 e. The summed E-state index contributed by atoms with van der Waals surface area (Å²) in [6.07, 6.45) is 9.38. The summed E-state index contributed by atoms with van der Waals surface area (Å²) in [4.78, 5) is 12.2. The van der Waals surface area contributed by atoms with Crippen LogP contribution in [0.2, 0.25) is 0 Å². The molecule has 0 aromatic rings. The Morgan fingerprint density at radius 3 is 2.59 bits per heavy atom. The van der Waals surface area contributed by atoms with E-state index < -0.39 is 0 Å². The van der Waals surface area contributed by atoms with E-state index in [1.54, 1.807) is 0 Å². The van der Waals surface area contributed by atoms with Crippen molar-refractivity contribution in [1.82, 2.24) is 5.32 Å². The Labute approximate surface area is 105 Å². The molecule has 3 heteroatoms. The SMILES string of the molecule is CC1(CNC(=O)C2CCCCCC2N)CCC1. The summed E-state index contributed by atoms with van der Waals surface area (Å²) in [5.74, 6) is 0.258. The molecule has 3 N–H and O–H groups in total. The quantitative estimate of drug-likeness (QED) is 0.741. The highest BCUT2D eigenvalue weighted by Gasteiger charge is 2.33. The van der Waals surface area contributed by atoms with E-state index in [1.165, 1.54) is 32.1 Å². The number of carbonyl (C=O) groups excluding carboxylic acids is 1. The molecule has 2 aliphatic carbocycles. The van der Waals surface area contributed by atoms with E-state index >= 15 is 0 Å². The lowest BCUT2D eigenvalue weighted by Gasteiger charge is -2.38. The van der Waals surface area contributed by atoms with E-state index in [2.05, 4.69) is 12.2 Å². The molecule has 1 amide bonds. The molecule has 2 aliphatic rings. The molecule has 0 heterocycles. The lowest BCUT2D eigenvalue weighted by atomic mass is 9.70. The lowest BCUT2D eigenvalue weighted by Crippen LogP contribution is -2.46. The first-order chi connectivity index (χ1) is 8.11. The van der Waals surface area contributed by atoms with Crippen LogP contribution in [0.1, 0.15) is 58.3 Å². The van der Waals surface area contributed by atoms with Crippen molar-refractivity contribution in [3.63, 3.8) is 0 Å². The first-order valence-electron chi connectivity index (χ1n) is 7.14. The highest BCUT2D eigenvalue weighted by molar-refractivity contribution is 5.79. The average Bonchev–Trinajstić information content (AvgIpc) is 2.48. The number of nitrogens with one attached hydrogen (secondary N) is 1. The topological polar surface area (TPSA) is 55.1 Å². The lowest BCUT2D eigenvalue weighted by molar-refractivity contribution is -0.126. The van der Waals surface area contributed by atoms with Crippen LogP contribution in [0.3, 0.4) is 0 Å². The van der Waals surface area contributed by atoms with Crippen LogP contribution in [-0.2, 0) is 4.79 Å². The third-order valence-electron chi connectivity index (χ3n) is 4.66. The predicted octanol–water partition coefficient (Wildman–Crippen LogP) is 2.20. The monoisotopic (exact) mass is 238 g/mol. The Bertz CT molecular complexity index is 273. The molecule has 2 rings (SSSR count). The van der Waals surface area contributed by atoms with E-state index in [9.17, 15) is 4.79 Å². The largest absolute Gasteiger partial charge is 0.355 e. The van der Waals surface area contributed by atoms with Crippen molar-refractivity contribution >= 4 is 5.91 Å². The predicted molar refractivity (Wildman–Crippen MR) is 69.5 cm³/mol. The van der Waals surface area contributed by atoms with Gasteiger partial charge >= 0.3 is 0 Å². The molecule has 0 bridgehead atoms. The van der Waals surface area contributed by atoms with Gasteiger partial charge in [-0.15, -0.1) is 0 Å². The van der Waals surface area contributed by atoms with Crippen molar-refractivity contribution in [1.29, 1.82) is 0 Å². The molecule has 2 fully saturated rings. The zero-order valence-corrected chi connectivity index (χ0v) is 11.0. The van der Waals surface area contributed by atoms with Crippen LogP contribution >= 0.6 is 0 Å². The van der Waals surface area contributed by atoms with E-state index in [4.69, 9.17) is 5.73 Å². The minimum Gasteiger partial charge on any atom is -0.355 e. The molecule has 98 valence electrons. The molecule has 0 saturated heterocycles. The van der Waals surface area contributed by atoms with Crippen molar-refractivity contribution in [3.8, 4) is 0 Å². The number of carbonyl (C=O) groups is 1. The van der Waals surface area contributed by atoms with Crippen LogP contribution in [0.4, 0.5) is 0 Å². The van der Waals surface area contributed by atoms with Gasteiger partial charge in [0.05, 0.1) is 5.92 Å². The van der Waals surface area contributed by atoms with Crippen LogP contribution in [0.15, 0.2) is 0 Å². The highest BCUT2D eigenvalue weighted by Crippen LogP contribution is 2.39. The van der Waals surface area contributed by atoms with Gasteiger partial charge in [0.1, 0.15) is 0 Å². The first kappa shape index (κ1) is 12.9. The number of nitrogens with two attached hydrogens (primary N) is 1. The molecule has 3 nitrogen and oxygen atoms in total. The molecule has 0 aromatic carbocycles. The maximum atomic E-state index is 12.2. The van der Waals surface area contributed by atoms with Gasteiger partial charge in [0, 0.05) is 12.6 Å². The normalized spacial score (nSPS) is 32.4. The van der Waals surface area contributed by atoms with Crippen molar-refractivity contribution in [3.05, 3.63) is 0 Å². The zero-order valence-electron chi connectivity index (χ0n) is 11.0. The Kier molecular flexibility index (Phi) is 4.08. The van der Waals surface area contributed by atoms with Gasteiger partial charge in [-0.05, 0) is 31.1 Å².